The van der Waals surface area contributed by atoms with Gasteiger partial charge < -0.3 is 25.2 Å². The second kappa shape index (κ2) is 6.36. The molecule has 0 spiro atoms. The molecule has 0 amide bonds. The molecule has 0 saturated heterocycles. The van der Waals surface area contributed by atoms with Crippen molar-refractivity contribution in [1.29, 1.82) is 0 Å². The van der Waals surface area contributed by atoms with Crippen LogP contribution in [0.5, 0.6) is 11.5 Å². The van der Waals surface area contributed by atoms with E-state index in [1.54, 1.807) is 13.0 Å². The number of aliphatic hydroxyl groups is 2. The van der Waals surface area contributed by atoms with Gasteiger partial charge in [-0.05, 0) is 31.2 Å². The number of benzene rings is 1. The predicted molar refractivity (Wildman–Crippen MR) is 78.9 cm³/mol. The Balaban J connectivity index is 2.37. The number of rotatable bonds is 4. The van der Waals surface area contributed by atoms with E-state index < -0.39 is 6.10 Å². The molecule has 0 bridgehead atoms. The number of hydrogen-bond donors (Lipinski definition) is 4. The van der Waals surface area contributed by atoms with Gasteiger partial charge in [0.2, 0.25) is 0 Å². The SMILES string of the molecule is C/C=C(\OC1=C(C=O)C(O)CC(O)=C1)c1ccc(O)c(O)c1. The third kappa shape index (κ3) is 3.12. The average molecular weight is 304 g/mol. The first kappa shape index (κ1) is 15.7. The highest BCUT2D eigenvalue weighted by Gasteiger charge is 2.24. The summed E-state index contributed by atoms with van der Waals surface area (Å²) in [7, 11) is 0. The predicted octanol–water partition coefficient (Wildman–Crippen LogP) is 2.13. The maximum absolute atomic E-state index is 11.1. The molecule has 1 aliphatic carbocycles. The third-order valence-electron chi connectivity index (χ3n) is 3.21. The number of phenolic OH excluding ortho intramolecular Hbond substituents is 2. The lowest BCUT2D eigenvalue weighted by Gasteiger charge is -2.20. The zero-order chi connectivity index (χ0) is 16.3. The molecule has 4 N–H and O–H groups in total. The van der Waals surface area contributed by atoms with Gasteiger partial charge in [-0.3, -0.25) is 4.79 Å². The summed E-state index contributed by atoms with van der Waals surface area (Å²) < 4.78 is 5.59. The Morgan fingerprint density at radius 1 is 1.27 bits per heavy atom. The average Bonchev–Trinajstić information content (AvgIpc) is 2.47. The summed E-state index contributed by atoms with van der Waals surface area (Å²) in [5.74, 6) is -0.350. The van der Waals surface area contributed by atoms with Gasteiger partial charge in [-0.1, -0.05) is 0 Å². The maximum Gasteiger partial charge on any atom is 0.158 e. The Bertz CT molecular complexity index is 684. The van der Waals surface area contributed by atoms with E-state index in [1.807, 2.05) is 0 Å². The molecule has 22 heavy (non-hydrogen) atoms. The van der Waals surface area contributed by atoms with Crippen molar-refractivity contribution in [2.45, 2.75) is 19.4 Å². The second-order valence-electron chi connectivity index (χ2n) is 4.75. The van der Waals surface area contributed by atoms with Crippen molar-refractivity contribution in [2.75, 3.05) is 0 Å². The Morgan fingerprint density at radius 3 is 2.59 bits per heavy atom. The minimum absolute atomic E-state index is 0.0279. The molecule has 2 rings (SSSR count). The number of aromatic hydroxyl groups is 2. The molecule has 0 fully saturated rings. The smallest absolute Gasteiger partial charge is 0.158 e. The van der Waals surface area contributed by atoms with E-state index in [9.17, 15) is 25.2 Å². The number of ether oxygens (including phenoxy) is 1. The zero-order valence-electron chi connectivity index (χ0n) is 11.9. The molecule has 0 aromatic heterocycles. The van der Waals surface area contributed by atoms with E-state index in [1.165, 1.54) is 24.3 Å². The van der Waals surface area contributed by atoms with Crippen LogP contribution in [-0.4, -0.2) is 32.8 Å². The van der Waals surface area contributed by atoms with Crippen LogP contribution in [0.15, 0.2) is 47.4 Å². The van der Waals surface area contributed by atoms with Crippen LogP contribution in [0.3, 0.4) is 0 Å². The van der Waals surface area contributed by atoms with Gasteiger partial charge in [0, 0.05) is 18.1 Å². The van der Waals surface area contributed by atoms with Gasteiger partial charge in [-0.15, -0.1) is 0 Å². The van der Waals surface area contributed by atoms with Crippen molar-refractivity contribution in [3.63, 3.8) is 0 Å². The largest absolute Gasteiger partial charge is 0.512 e. The summed E-state index contributed by atoms with van der Waals surface area (Å²) >= 11 is 0. The number of carbonyl (C=O) groups is 1. The molecule has 6 heteroatoms. The molecule has 116 valence electrons. The highest BCUT2D eigenvalue weighted by Crippen LogP contribution is 2.32. The van der Waals surface area contributed by atoms with E-state index >= 15 is 0 Å². The van der Waals surface area contributed by atoms with Crippen molar-refractivity contribution < 1.29 is 30.0 Å². The molecular formula is C16H16O6. The minimum atomic E-state index is -1.14. The lowest BCUT2D eigenvalue weighted by Crippen LogP contribution is -2.19. The number of aliphatic hydroxyl groups excluding tert-OH is 2. The van der Waals surface area contributed by atoms with Gasteiger partial charge in [0.1, 0.15) is 11.5 Å². The van der Waals surface area contributed by atoms with Crippen LogP contribution in [0.4, 0.5) is 0 Å². The molecule has 1 aliphatic rings. The normalized spacial score (nSPS) is 18.9. The first-order valence-electron chi connectivity index (χ1n) is 6.59. The van der Waals surface area contributed by atoms with Gasteiger partial charge in [0.05, 0.1) is 17.4 Å². The fourth-order valence-corrected chi connectivity index (χ4v) is 2.07. The molecule has 0 saturated carbocycles. The highest BCUT2D eigenvalue weighted by atomic mass is 16.5. The number of carbonyl (C=O) groups excluding carboxylic acids is 1. The van der Waals surface area contributed by atoms with Gasteiger partial charge in [0.15, 0.2) is 17.8 Å². The molecule has 1 atom stereocenters. The van der Waals surface area contributed by atoms with Gasteiger partial charge >= 0.3 is 0 Å². The monoisotopic (exact) mass is 304 g/mol. The molecule has 0 radical (unpaired) electrons. The van der Waals surface area contributed by atoms with Crippen LogP contribution in [0.2, 0.25) is 0 Å². The molecule has 1 aromatic carbocycles. The summed E-state index contributed by atoms with van der Waals surface area (Å²) in [6.45, 7) is 1.68. The van der Waals surface area contributed by atoms with Crippen molar-refractivity contribution in [2.24, 2.45) is 0 Å². The lowest BCUT2D eigenvalue weighted by molar-refractivity contribution is -0.106. The van der Waals surface area contributed by atoms with Gasteiger partial charge in [-0.2, -0.15) is 0 Å². The Kier molecular flexibility index (Phi) is 4.53. The number of allylic oxidation sites excluding steroid dienone is 2. The standard InChI is InChI=1S/C16H16O6/c1-2-15(9-3-4-12(19)14(21)5-9)22-16-7-10(18)6-13(20)11(16)8-17/h2-5,7-8,13,18-21H,6H2,1H3/b15-2-. The molecular weight excluding hydrogens is 288 g/mol. The van der Waals surface area contributed by atoms with Gasteiger partial charge in [0.25, 0.3) is 0 Å². The van der Waals surface area contributed by atoms with E-state index in [-0.39, 0.29) is 35.0 Å². The van der Waals surface area contributed by atoms with Crippen LogP contribution >= 0.6 is 0 Å². The van der Waals surface area contributed by atoms with E-state index in [4.69, 9.17) is 4.74 Å². The molecule has 1 unspecified atom stereocenters. The summed E-state index contributed by atoms with van der Waals surface area (Å²) in [5.41, 5.74) is 0.489. The fraction of sp³-hybridized carbons (Fsp3) is 0.188. The van der Waals surface area contributed by atoms with Crippen LogP contribution in [0.1, 0.15) is 18.9 Å². The minimum Gasteiger partial charge on any atom is -0.512 e. The topological polar surface area (TPSA) is 107 Å². The van der Waals surface area contributed by atoms with Crippen LogP contribution in [-0.2, 0) is 9.53 Å². The quantitative estimate of drug-likeness (QED) is 0.386. The second-order valence-corrected chi connectivity index (χ2v) is 4.75. The molecule has 1 aromatic rings. The zero-order valence-corrected chi connectivity index (χ0v) is 11.9. The fourth-order valence-electron chi connectivity index (χ4n) is 2.07. The lowest BCUT2D eigenvalue weighted by atomic mass is 10.00. The Labute approximate surface area is 126 Å². The summed E-state index contributed by atoms with van der Waals surface area (Å²) in [4.78, 5) is 11.1. The van der Waals surface area contributed by atoms with Crippen molar-refractivity contribution >= 4 is 12.0 Å². The van der Waals surface area contributed by atoms with E-state index in [0.29, 0.717) is 17.6 Å². The van der Waals surface area contributed by atoms with Crippen molar-refractivity contribution in [3.8, 4) is 11.5 Å². The molecule has 6 nitrogen and oxygen atoms in total. The molecule has 0 aliphatic heterocycles. The number of hydrogen-bond acceptors (Lipinski definition) is 6. The van der Waals surface area contributed by atoms with Crippen LogP contribution in [0.25, 0.3) is 5.76 Å². The van der Waals surface area contributed by atoms with Crippen LogP contribution < -0.4 is 0 Å². The molecule has 0 heterocycles. The van der Waals surface area contributed by atoms with Crippen LogP contribution in [0, 0.1) is 0 Å². The Morgan fingerprint density at radius 2 is 2.00 bits per heavy atom. The third-order valence-corrected chi connectivity index (χ3v) is 3.21. The van der Waals surface area contributed by atoms with E-state index in [2.05, 4.69) is 0 Å². The summed E-state index contributed by atoms with van der Waals surface area (Å²) in [6, 6.07) is 4.12. The number of aldehydes is 1. The Hall–Kier alpha value is -2.73. The van der Waals surface area contributed by atoms with Crippen molar-refractivity contribution in [3.05, 3.63) is 53.0 Å². The van der Waals surface area contributed by atoms with Gasteiger partial charge in [-0.25, -0.2) is 0 Å². The summed E-state index contributed by atoms with van der Waals surface area (Å²) in [5, 5.41) is 38.2. The first-order chi connectivity index (χ1) is 10.5. The van der Waals surface area contributed by atoms with Crippen molar-refractivity contribution in [1.82, 2.24) is 0 Å². The summed E-state index contributed by atoms with van der Waals surface area (Å²) in [6.07, 6.45) is 2.15. The number of phenols is 2. The van der Waals surface area contributed by atoms with E-state index in [0.717, 1.165) is 0 Å². The highest BCUT2D eigenvalue weighted by molar-refractivity contribution is 5.78. The maximum atomic E-state index is 11.1. The first-order valence-corrected chi connectivity index (χ1v) is 6.59.